The van der Waals surface area contributed by atoms with Gasteiger partial charge in [0.05, 0.1) is 0 Å². The third-order valence-electron chi connectivity index (χ3n) is 5.51. The maximum Gasteiger partial charge on any atom is 0.00532 e. The van der Waals surface area contributed by atoms with Gasteiger partial charge in [-0.1, -0.05) is 86.7 Å². The molecule has 1 aliphatic carbocycles. The Bertz CT molecular complexity index is 1300. The van der Waals surface area contributed by atoms with Crippen LogP contribution in [0.3, 0.4) is 0 Å². The summed E-state index contributed by atoms with van der Waals surface area (Å²) < 4.78 is 0. The van der Waals surface area contributed by atoms with E-state index in [2.05, 4.69) is 111 Å². The SMILES string of the molecule is CC1(C)[C-]=CC=C1.[Cl][Zr+2][Cl].c1ccc2[cH-]c(-p3c4ccccc4c4ccccc43)cc2c1. The second-order valence-corrected chi connectivity index (χ2v) is 14.1. The van der Waals surface area contributed by atoms with E-state index in [1.807, 2.05) is 12.2 Å². The van der Waals surface area contributed by atoms with Crippen LogP contribution in [0.25, 0.3) is 37.1 Å². The molecule has 0 radical (unpaired) electrons. The number of hydrogen-bond acceptors (Lipinski definition) is 0. The van der Waals surface area contributed by atoms with Crippen LogP contribution in [0.2, 0.25) is 0 Å². The third-order valence-corrected chi connectivity index (χ3v) is 8.02. The van der Waals surface area contributed by atoms with E-state index in [-0.39, 0.29) is 5.41 Å². The molecule has 1 aromatic heterocycles. The van der Waals surface area contributed by atoms with E-state index in [1.54, 1.807) is 0 Å². The fourth-order valence-corrected chi connectivity index (χ4v) is 6.76. The summed E-state index contributed by atoms with van der Waals surface area (Å²) in [7, 11) is 9.45. The van der Waals surface area contributed by atoms with Gasteiger partial charge in [0.15, 0.2) is 0 Å². The Labute approximate surface area is 209 Å². The van der Waals surface area contributed by atoms with Crippen molar-refractivity contribution in [3.05, 3.63) is 109 Å². The fraction of sp³-hybridized carbons (Fsp3) is 0.107. The molecule has 5 aromatic rings. The molecule has 0 unspecified atom stereocenters. The molecule has 0 saturated carbocycles. The van der Waals surface area contributed by atoms with Gasteiger partial charge in [0, 0.05) is 10.2 Å². The molecular weight excluding hydrogens is 529 g/mol. The molecule has 0 bridgehead atoms. The van der Waals surface area contributed by atoms with Crippen LogP contribution in [0.1, 0.15) is 13.8 Å². The zero-order chi connectivity index (χ0) is 22.6. The number of benzene rings is 3. The first-order valence-electron chi connectivity index (χ1n) is 10.4. The van der Waals surface area contributed by atoms with E-state index in [4.69, 9.17) is 17.0 Å². The van der Waals surface area contributed by atoms with E-state index < -0.39 is 28.4 Å². The Morgan fingerprint density at radius 2 is 1.41 bits per heavy atom. The van der Waals surface area contributed by atoms with Crippen molar-refractivity contribution in [2.24, 2.45) is 5.41 Å². The summed E-state index contributed by atoms with van der Waals surface area (Å²) in [5.74, 6) is 0. The topological polar surface area (TPSA) is 0 Å². The van der Waals surface area contributed by atoms with Gasteiger partial charge in [-0.3, -0.25) is 6.08 Å². The molecule has 0 saturated heterocycles. The molecule has 1 aliphatic rings. The van der Waals surface area contributed by atoms with Gasteiger partial charge < -0.3 is 0 Å². The van der Waals surface area contributed by atoms with E-state index in [0.29, 0.717) is 0 Å². The zero-order valence-electron chi connectivity index (χ0n) is 18.0. The van der Waals surface area contributed by atoms with Gasteiger partial charge in [0.1, 0.15) is 0 Å². The van der Waals surface area contributed by atoms with E-state index in [0.717, 1.165) is 0 Å². The zero-order valence-corrected chi connectivity index (χ0v) is 22.9. The number of allylic oxidation sites excluding steroid dienone is 4. The van der Waals surface area contributed by atoms with Crippen LogP contribution in [-0.2, 0) is 20.8 Å². The molecule has 4 aromatic carbocycles. The van der Waals surface area contributed by atoms with Crippen LogP contribution in [0.5, 0.6) is 0 Å². The molecule has 0 spiro atoms. The van der Waals surface area contributed by atoms with Crippen LogP contribution < -0.4 is 0 Å². The molecule has 6 rings (SSSR count). The summed E-state index contributed by atoms with van der Waals surface area (Å²) in [4.78, 5) is 0. The van der Waals surface area contributed by atoms with E-state index >= 15 is 0 Å². The number of fused-ring (bicyclic) bond motifs is 4. The normalized spacial score (nSPS) is 13.5. The fourth-order valence-electron chi connectivity index (χ4n) is 4.06. The van der Waals surface area contributed by atoms with Crippen LogP contribution in [0.4, 0.5) is 0 Å². The Morgan fingerprint density at radius 3 is 1.91 bits per heavy atom. The minimum absolute atomic E-state index is 0.208. The molecule has 0 nitrogen and oxygen atoms in total. The smallest absolute Gasteiger partial charge is 0.00532 e. The summed E-state index contributed by atoms with van der Waals surface area (Å²) in [6, 6.07) is 31.2. The van der Waals surface area contributed by atoms with Crippen LogP contribution in [0.15, 0.2) is 103 Å². The number of hydrogen-bond donors (Lipinski definition) is 0. The molecular formula is C28H23Cl2PZr. The van der Waals surface area contributed by atoms with Gasteiger partial charge in [0.2, 0.25) is 0 Å². The summed E-state index contributed by atoms with van der Waals surface area (Å²) in [5.41, 5.74) is 0.208. The van der Waals surface area contributed by atoms with Gasteiger partial charge >= 0.3 is 37.9 Å². The maximum atomic E-state index is 4.93. The predicted molar refractivity (Wildman–Crippen MR) is 141 cm³/mol. The predicted octanol–water partition coefficient (Wildman–Crippen LogP) is 10.2. The quantitative estimate of drug-likeness (QED) is 0.182. The molecule has 0 fully saturated rings. The third kappa shape index (κ3) is 5.19. The average molecular weight is 553 g/mol. The van der Waals surface area contributed by atoms with Gasteiger partial charge in [-0.05, 0) is 10.8 Å². The van der Waals surface area contributed by atoms with Crippen molar-refractivity contribution < 1.29 is 20.8 Å². The van der Waals surface area contributed by atoms with Crippen molar-refractivity contribution in [1.29, 1.82) is 0 Å². The maximum absolute atomic E-state index is 4.93. The minimum Gasteiger partial charge on any atom is -0.157 e. The van der Waals surface area contributed by atoms with Gasteiger partial charge in [-0.2, -0.15) is 12.1 Å². The largest absolute Gasteiger partial charge is 0.157 e. The molecule has 32 heavy (non-hydrogen) atoms. The molecule has 1 heterocycles. The molecule has 0 amide bonds. The first kappa shape index (κ1) is 23.7. The van der Waals surface area contributed by atoms with Crippen LogP contribution in [0, 0.1) is 11.5 Å². The first-order valence-corrected chi connectivity index (χ1v) is 18.1. The summed E-state index contributed by atoms with van der Waals surface area (Å²) in [6.07, 6.45) is 9.28. The molecule has 0 N–H and O–H groups in total. The molecule has 0 aliphatic heterocycles. The minimum atomic E-state index is -0.826. The van der Waals surface area contributed by atoms with Gasteiger partial charge in [-0.25, -0.2) is 12.2 Å². The molecule has 4 heteroatoms. The Kier molecular flexibility index (Phi) is 7.86. The monoisotopic (exact) mass is 550 g/mol. The van der Waals surface area contributed by atoms with Crippen molar-refractivity contribution in [1.82, 2.24) is 0 Å². The van der Waals surface area contributed by atoms with Crippen molar-refractivity contribution in [3.63, 3.8) is 0 Å². The van der Waals surface area contributed by atoms with E-state index in [1.165, 1.54) is 37.1 Å². The Morgan fingerprint density at radius 1 is 0.844 bits per heavy atom. The second kappa shape index (κ2) is 10.6. The summed E-state index contributed by atoms with van der Waals surface area (Å²) >= 11 is -0.826. The summed E-state index contributed by atoms with van der Waals surface area (Å²) in [5, 5.41) is 9.98. The second-order valence-electron chi connectivity index (χ2n) is 8.18. The van der Waals surface area contributed by atoms with Crippen molar-refractivity contribution in [3.8, 4) is 5.30 Å². The molecule has 0 atom stereocenters. The first-order chi connectivity index (χ1) is 15.5. The Balaban J connectivity index is 0.000000206. The Hall–Kier alpha value is -1.49. The van der Waals surface area contributed by atoms with Crippen molar-refractivity contribution >= 4 is 56.3 Å². The van der Waals surface area contributed by atoms with E-state index in [9.17, 15) is 0 Å². The number of halogens is 2. The van der Waals surface area contributed by atoms with Crippen molar-refractivity contribution in [2.45, 2.75) is 13.8 Å². The van der Waals surface area contributed by atoms with Crippen molar-refractivity contribution in [2.75, 3.05) is 0 Å². The summed E-state index contributed by atoms with van der Waals surface area (Å²) in [6.45, 7) is 4.26. The average Bonchev–Trinajstić information content (AvgIpc) is 3.49. The molecule has 158 valence electrons. The van der Waals surface area contributed by atoms with Gasteiger partial charge in [-0.15, -0.1) is 35.0 Å². The van der Waals surface area contributed by atoms with Crippen LogP contribution >= 0.6 is 24.6 Å². The van der Waals surface area contributed by atoms with Crippen LogP contribution in [-0.4, -0.2) is 0 Å². The van der Waals surface area contributed by atoms with Gasteiger partial charge in [0.25, 0.3) is 0 Å². The number of rotatable bonds is 1. The standard InChI is InChI=1S/C21H14P.C7H9.2ClH.Zr/c1-2-8-16-14-17(13-15(16)7-1)22-20-11-5-3-9-18(20)19-10-4-6-12-21(19)22;1-7(2)5-3-4-6-7;;;/h1-14H;3-5H,1-2H3;2*1H;/q2*-1;;;+4/p-2.